The van der Waals surface area contributed by atoms with Crippen LogP contribution in [-0.4, -0.2) is 23.1 Å². The Kier molecular flexibility index (Phi) is 3.97. The third kappa shape index (κ3) is 3.08. The van der Waals surface area contributed by atoms with Crippen molar-refractivity contribution < 1.29 is 0 Å². The molecule has 0 unspecified atom stereocenters. The van der Waals surface area contributed by atoms with E-state index in [-0.39, 0.29) is 0 Å². The molecular weight excluding hydrogens is 200 g/mol. The molecule has 0 bridgehead atoms. The minimum absolute atomic E-state index is 0.551. The van der Waals surface area contributed by atoms with Crippen LogP contribution in [0.15, 0.2) is 12.3 Å². The lowest BCUT2D eigenvalue weighted by molar-refractivity contribution is 0.615. The fraction of sp³-hybridized carbons (Fsp3) is 0.667. The monoisotopic (exact) mass is 220 g/mol. The van der Waals surface area contributed by atoms with Gasteiger partial charge in [-0.3, -0.25) is 0 Å². The second-order valence-electron chi connectivity index (χ2n) is 4.35. The number of hydrogen-bond acceptors (Lipinski definition) is 4. The maximum Gasteiger partial charge on any atom is 0.224 e. The van der Waals surface area contributed by atoms with Gasteiger partial charge in [-0.25, -0.2) is 4.98 Å². The second kappa shape index (κ2) is 5.68. The zero-order chi connectivity index (χ0) is 11.2. The molecule has 0 saturated heterocycles. The molecule has 1 heterocycles. The molecule has 2 rings (SSSR count). The Morgan fingerprint density at radius 1 is 1.19 bits per heavy atom. The van der Waals surface area contributed by atoms with E-state index in [1.54, 1.807) is 6.20 Å². The quantitative estimate of drug-likeness (QED) is 0.769. The first-order valence-electron chi connectivity index (χ1n) is 6.16. The molecule has 0 spiro atoms. The van der Waals surface area contributed by atoms with Crippen LogP contribution in [0, 0.1) is 0 Å². The van der Waals surface area contributed by atoms with Crippen LogP contribution in [0.5, 0.6) is 0 Å². The van der Waals surface area contributed by atoms with Crippen molar-refractivity contribution in [1.29, 1.82) is 0 Å². The summed E-state index contributed by atoms with van der Waals surface area (Å²) in [5.41, 5.74) is 0. The molecule has 1 fully saturated rings. The predicted octanol–water partition coefficient (Wildman–Crippen LogP) is 2.65. The van der Waals surface area contributed by atoms with Crippen LogP contribution in [0.3, 0.4) is 0 Å². The van der Waals surface area contributed by atoms with Crippen molar-refractivity contribution in [2.24, 2.45) is 0 Å². The molecule has 2 N–H and O–H groups in total. The highest BCUT2D eigenvalue weighted by Gasteiger charge is 2.12. The largest absolute Gasteiger partial charge is 0.373 e. The van der Waals surface area contributed by atoms with Gasteiger partial charge in [0.25, 0.3) is 0 Å². The zero-order valence-corrected chi connectivity index (χ0v) is 9.87. The van der Waals surface area contributed by atoms with Crippen molar-refractivity contribution >= 4 is 11.8 Å². The third-order valence-electron chi connectivity index (χ3n) is 3.10. The maximum atomic E-state index is 4.38. The smallest absolute Gasteiger partial charge is 0.224 e. The molecule has 0 atom stereocenters. The molecule has 4 heteroatoms. The average molecular weight is 220 g/mol. The molecule has 1 aliphatic carbocycles. The predicted molar refractivity (Wildman–Crippen MR) is 66.7 cm³/mol. The van der Waals surface area contributed by atoms with Crippen LogP contribution in [0.4, 0.5) is 11.8 Å². The van der Waals surface area contributed by atoms with E-state index in [0.717, 1.165) is 11.8 Å². The van der Waals surface area contributed by atoms with Gasteiger partial charge in [0, 0.05) is 19.3 Å². The first kappa shape index (κ1) is 11.2. The summed E-state index contributed by atoms with van der Waals surface area (Å²) >= 11 is 0. The van der Waals surface area contributed by atoms with Gasteiger partial charge in [0.2, 0.25) is 5.95 Å². The summed E-state index contributed by atoms with van der Waals surface area (Å²) in [4.78, 5) is 8.63. The maximum absolute atomic E-state index is 4.38. The Balaban J connectivity index is 1.96. The van der Waals surface area contributed by atoms with Crippen molar-refractivity contribution in [2.45, 2.75) is 44.6 Å². The van der Waals surface area contributed by atoms with Gasteiger partial charge < -0.3 is 10.6 Å². The van der Waals surface area contributed by atoms with Crippen molar-refractivity contribution in [1.82, 2.24) is 9.97 Å². The Labute approximate surface area is 96.9 Å². The highest BCUT2D eigenvalue weighted by molar-refractivity contribution is 5.39. The first-order valence-corrected chi connectivity index (χ1v) is 6.16. The highest BCUT2D eigenvalue weighted by Crippen LogP contribution is 2.19. The van der Waals surface area contributed by atoms with Crippen LogP contribution in [0.2, 0.25) is 0 Å². The van der Waals surface area contributed by atoms with E-state index < -0.39 is 0 Å². The topological polar surface area (TPSA) is 49.8 Å². The van der Waals surface area contributed by atoms with Crippen molar-refractivity contribution in [3.63, 3.8) is 0 Å². The van der Waals surface area contributed by atoms with Crippen molar-refractivity contribution in [3.8, 4) is 0 Å². The standard InChI is InChI=1S/C12H20N4/c1-13-11-8-9-14-12(16-11)15-10-6-4-2-3-5-7-10/h8-10H,2-7H2,1H3,(H2,13,14,15,16). The highest BCUT2D eigenvalue weighted by atomic mass is 15.1. The summed E-state index contributed by atoms with van der Waals surface area (Å²) in [6, 6.07) is 2.42. The molecule has 1 aliphatic rings. The van der Waals surface area contributed by atoms with E-state index in [2.05, 4.69) is 20.6 Å². The minimum Gasteiger partial charge on any atom is -0.373 e. The normalized spacial score (nSPS) is 17.8. The molecule has 1 aromatic heterocycles. The lowest BCUT2D eigenvalue weighted by atomic mass is 10.1. The minimum atomic E-state index is 0.551. The Bertz CT molecular complexity index is 319. The Hall–Kier alpha value is -1.32. The summed E-state index contributed by atoms with van der Waals surface area (Å²) in [6.45, 7) is 0. The molecule has 1 aromatic rings. The average Bonchev–Trinajstić information content (AvgIpc) is 2.58. The molecule has 1 saturated carbocycles. The van der Waals surface area contributed by atoms with E-state index in [1.165, 1.54) is 38.5 Å². The second-order valence-corrected chi connectivity index (χ2v) is 4.35. The van der Waals surface area contributed by atoms with E-state index in [1.807, 2.05) is 13.1 Å². The fourth-order valence-corrected chi connectivity index (χ4v) is 2.17. The summed E-state index contributed by atoms with van der Waals surface area (Å²) in [7, 11) is 1.87. The lowest BCUT2D eigenvalue weighted by Gasteiger charge is -2.16. The van der Waals surface area contributed by atoms with Crippen LogP contribution >= 0.6 is 0 Å². The number of aromatic nitrogens is 2. The first-order chi connectivity index (χ1) is 7.88. The van der Waals surface area contributed by atoms with Crippen LogP contribution in [-0.2, 0) is 0 Å². The van der Waals surface area contributed by atoms with E-state index in [0.29, 0.717) is 6.04 Å². The van der Waals surface area contributed by atoms with E-state index in [9.17, 15) is 0 Å². The number of rotatable bonds is 3. The van der Waals surface area contributed by atoms with E-state index >= 15 is 0 Å². The summed E-state index contributed by atoms with van der Waals surface area (Å²) < 4.78 is 0. The Morgan fingerprint density at radius 2 is 1.94 bits per heavy atom. The van der Waals surface area contributed by atoms with Gasteiger partial charge >= 0.3 is 0 Å². The van der Waals surface area contributed by atoms with Gasteiger partial charge in [0.1, 0.15) is 5.82 Å². The Morgan fingerprint density at radius 3 is 2.62 bits per heavy atom. The number of nitrogens with one attached hydrogen (secondary N) is 2. The van der Waals surface area contributed by atoms with Crippen LogP contribution in [0.25, 0.3) is 0 Å². The van der Waals surface area contributed by atoms with E-state index in [4.69, 9.17) is 0 Å². The van der Waals surface area contributed by atoms with Crippen molar-refractivity contribution in [3.05, 3.63) is 12.3 Å². The molecule has 16 heavy (non-hydrogen) atoms. The van der Waals surface area contributed by atoms with Gasteiger partial charge in [-0.1, -0.05) is 25.7 Å². The summed E-state index contributed by atoms with van der Waals surface area (Å²) in [5, 5.41) is 6.46. The van der Waals surface area contributed by atoms with Gasteiger partial charge in [-0.15, -0.1) is 0 Å². The van der Waals surface area contributed by atoms with Gasteiger partial charge in [0.05, 0.1) is 0 Å². The van der Waals surface area contributed by atoms with Gasteiger partial charge in [0.15, 0.2) is 0 Å². The molecule has 0 aromatic carbocycles. The molecule has 88 valence electrons. The molecule has 0 amide bonds. The third-order valence-corrected chi connectivity index (χ3v) is 3.10. The molecule has 0 aliphatic heterocycles. The summed E-state index contributed by atoms with van der Waals surface area (Å²) in [5.74, 6) is 1.62. The number of anilines is 2. The number of nitrogens with zero attached hydrogens (tertiary/aromatic N) is 2. The molecular formula is C12H20N4. The zero-order valence-electron chi connectivity index (χ0n) is 9.87. The van der Waals surface area contributed by atoms with Crippen LogP contribution in [0.1, 0.15) is 38.5 Å². The van der Waals surface area contributed by atoms with Gasteiger partial charge in [-0.2, -0.15) is 4.98 Å². The molecule has 4 nitrogen and oxygen atoms in total. The van der Waals surface area contributed by atoms with Gasteiger partial charge in [-0.05, 0) is 18.9 Å². The summed E-state index contributed by atoms with van der Waals surface area (Å²) in [6.07, 6.45) is 9.66. The fourth-order valence-electron chi connectivity index (χ4n) is 2.17. The molecule has 0 radical (unpaired) electrons. The van der Waals surface area contributed by atoms with Crippen LogP contribution < -0.4 is 10.6 Å². The number of hydrogen-bond donors (Lipinski definition) is 2. The SMILES string of the molecule is CNc1ccnc(NC2CCCCCC2)n1. The van der Waals surface area contributed by atoms with Crippen molar-refractivity contribution in [2.75, 3.05) is 17.7 Å². The lowest BCUT2D eigenvalue weighted by Crippen LogP contribution is -2.20.